The van der Waals surface area contributed by atoms with Gasteiger partial charge in [0.25, 0.3) is 0 Å². The van der Waals surface area contributed by atoms with E-state index in [0.29, 0.717) is 5.92 Å². The van der Waals surface area contributed by atoms with Crippen LogP contribution in [0.15, 0.2) is 55.1 Å². The Bertz CT molecular complexity index is 712. The van der Waals surface area contributed by atoms with Crippen LogP contribution in [0.2, 0.25) is 5.02 Å². The highest BCUT2D eigenvalue weighted by Crippen LogP contribution is 2.20. The van der Waals surface area contributed by atoms with Crippen molar-refractivity contribution >= 4 is 34.6 Å². The number of thiocarbonyl (C=S) groups is 1. The molecule has 138 valence electrons. The fraction of sp³-hybridized carbons (Fsp3) is 0.400. The summed E-state index contributed by atoms with van der Waals surface area (Å²) in [5.41, 5.74) is 0.975. The van der Waals surface area contributed by atoms with Crippen molar-refractivity contribution in [3.63, 3.8) is 0 Å². The lowest BCUT2D eigenvalue weighted by molar-refractivity contribution is 0.316. The van der Waals surface area contributed by atoms with E-state index in [-0.39, 0.29) is 0 Å². The van der Waals surface area contributed by atoms with Crippen LogP contribution in [0.5, 0.6) is 0 Å². The Balaban J connectivity index is 1.59. The van der Waals surface area contributed by atoms with Gasteiger partial charge in [0.1, 0.15) is 0 Å². The van der Waals surface area contributed by atoms with E-state index in [4.69, 9.17) is 23.8 Å². The number of aryl methyl sites for hydroxylation is 1. The van der Waals surface area contributed by atoms with Gasteiger partial charge < -0.3 is 14.8 Å². The van der Waals surface area contributed by atoms with Crippen molar-refractivity contribution in [2.45, 2.75) is 32.2 Å². The Hall–Kier alpha value is -1.85. The summed E-state index contributed by atoms with van der Waals surface area (Å²) in [6.45, 7) is 2.87. The summed E-state index contributed by atoms with van der Waals surface area (Å²) >= 11 is 11.7. The van der Waals surface area contributed by atoms with E-state index >= 15 is 0 Å². The van der Waals surface area contributed by atoms with E-state index in [2.05, 4.69) is 31.9 Å². The van der Waals surface area contributed by atoms with Crippen LogP contribution in [0.1, 0.15) is 25.7 Å². The predicted octanol–water partition coefficient (Wildman–Crippen LogP) is 4.98. The van der Waals surface area contributed by atoms with Gasteiger partial charge in [-0.2, -0.15) is 0 Å². The standard InChI is InChI=1S/C20H25ClN4S/c21-18-7-9-19(10-8-18)23-20(26)25(15-17-5-2-1-3-6-17)13-4-12-24-14-11-22-16-24/h1-2,7-11,14,16-17H,3-6,12-13,15H2,(H,23,26). The van der Waals surface area contributed by atoms with Gasteiger partial charge in [-0.1, -0.05) is 23.8 Å². The van der Waals surface area contributed by atoms with Crippen LogP contribution in [0.25, 0.3) is 0 Å². The van der Waals surface area contributed by atoms with Crippen LogP contribution in [0.4, 0.5) is 5.69 Å². The maximum absolute atomic E-state index is 5.97. The molecule has 0 spiro atoms. The number of rotatable bonds is 7. The largest absolute Gasteiger partial charge is 0.349 e. The quantitative estimate of drug-likeness (QED) is 0.535. The van der Waals surface area contributed by atoms with Crippen LogP contribution >= 0.6 is 23.8 Å². The highest BCUT2D eigenvalue weighted by molar-refractivity contribution is 7.80. The van der Waals surface area contributed by atoms with Gasteiger partial charge in [-0.15, -0.1) is 0 Å². The third-order valence-corrected chi connectivity index (χ3v) is 5.25. The van der Waals surface area contributed by atoms with Crippen LogP contribution in [-0.2, 0) is 6.54 Å². The maximum atomic E-state index is 5.97. The lowest BCUT2D eigenvalue weighted by Gasteiger charge is -2.30. The van der Waals surface area contributed by atoms with Crippen LogP contribution in [0.3, 0.4) is 0 Å². The summed E-state index contributed by atoms with van der Waals surface area (Å²) in [7, 11) is 0. The number of hydrogen-bond donors (Lipinski definition) is 1. The molecule has 1 aromatic heterocycles. The zero-order valence-corrected chi connectivity index (χ0v) is 16.4. The Kier molecular flexibility index (Phi) is 7.09. The summed E-state index contributed by atoms with van der Waals surface area (Å²) < 4.78 is 2.11. The highest BCUT2D eigenvalue weighted by Gasteiger charge is 2.17. The first-order valence-electron chi connectivity index (χ1n) is 9.13. The SMILES string of the molecule is S=C(Nc1ccc(Cl)cc1)N(CCCn1ccnc1)CC1CC=CCC1. The molecule has 0 radical (unpaired) electrons. The number of anilines is 1. The molecule has 1 N–H and O–H groups in total. The zero-order valence-electron chi connectivity index (χ0n) is 14.9. The molecule has 3 rings (SSSR count). The topological polar surface area (TPSA) is 33.1 Å². The minimum Gasteiger partial charge on any atom is -0.349 e. The molecule has 1 aromatic carbocycles. The molecule has 6 heteroatoms. The van der Waals surface area contributed by atoms with Gasteiger partial charge in [0.2, 0.25) is 0 Å². The molecule has 0 bridgehead atoms. The zero-order chi connectivity index (χ0) is 18.2. The Morgan fingerprint density at radius 3 is 2.85 bits per heavy atom. The van der Waals surface area contributed by atoms with E-state index in [1.807, 2.05) is 43.0 Å². The first-order chi connectivity index (χ1) is 12.7. The maximum Gasteiger partial charge on any atom is 0.173 e. The fourth-order valence-corrected chi connectivity index (χ4v) is 3.62. The van der Waals surface area contributed by atoms with E-state index in [9.17, 15) is 0 Å². The molecule has 1 aliphatic carbocycles. The van der Waals surface area contributed by atoms with Gasteiger partial charge in [0.05, 0.1) is 6.33 Å². The third kappa shape index (κ3) is 5.85. The van der Waals surface area contributed by atoms with Gasteiger partial charge in [-0.05, 0) is 68.1 Å². The van der Waals surface area contributed by atoms with Crippen LogP contribution < -0.4 is 5.32 Å². The van der Waals surface area contributed by atoms with Crippen LogP contribution in [0, 0.1) is 5.92 Å². The number of benzene rings is 1. The van der Waals surface area contributed by atoms with E-state index in [1.165, 1.54) is 12.8 Å². The van der Waals surface area contributed by atoms with Gasteiger partial charge in [-0.25, -0.2) is 4.98 Å². The molecule has 4 nitrogen and oxygen atoms in total. The number of aromatic nitrogens is 2. The monoisotopic (exact) mass is 388 g/mol. The van der Waals surface area contributed by atoms with Crippen LogP contribution in [-0.4, -0.2) is 32.7 Å². The smallest absolute Gasteiger partial charge is 0.173 e. The number of nitrogens with one attached hydrogen (secondary N) is 1. The Morgan fingerprint density at radius 1 is 1.31 bits per heavy atom. The second-order valence-electron chi connectivity index (χ2n) is 6.69. The number of nitrogens with zero attached hydrogens (tertiary/aromatic N) is 3. The lowest BCUT2D eigenvalue weighted by Crippen LogP contribution is -2.39. The average Bonchev–Trinajstić information content (AvgIpc) is 3.17. The first kappa shape index (κ1) is 18.9. The lowest BCUT2D eigenvalue weighted by atomic mass is 9.94. The molecule has 1 unspecified atom stereocenters. The number of allylic oxidation sites excluding steroid dienone is 2. The number of hydrogen-bond acceptors (Lipinski definition) is 2. The van der Waals surface area contributed by atoms with Crippen molar-refractivity contribution in [1.82, 2.24) is 14.5 Å². The summed E-state index contributed by atoms with van der Waals surface area (Å²) in [6, 6.07) is 7.67. The summed E-state index contributed by atoms with van der Waals surface area (Å²) in [4.78, 5) is 6.41. The highest BCUT2D eigenvalue weighted by atomic mass is 35.5. The van der Waals surface area contributed by atoms with E-state index in [0.717, 1.165) is 48.3 Å². The van der Waals surface area contributed by atoms with Gasteiger partial charge in [-0.3, -0.25) is 0 Å². The second-order valence-corrected chi connectivity index (χ2v) is 7.51. The molecule has 0 amide bonds. The third-order valence-electron chi connectivity index (χ3n) is 4.64. The fourth-order valence-electron chi connectivity index (χ4n) is 3.21. The molecule has 0 fully saturated rings. The normalized spacial score (nSPS) is 16.4. The van der Waals surface area contributed by atoms with Gasteiger partial charge in [0.15, 0.2) is 5.11 Å². The van der Waals surface area contributed by atoms with Crippen molar-refractivity contribution in [2.24, 2.45) is 5.92 Å². The van der Waals surface area contributed by atoms with Crippen molar-refractivity contribution in [3.05, 3.63) is 60.2 Å². The van der Waals surface area contributed by atoms with Crippen molar-refractivity contribution in [3.8, 4) is 0 Å². The van der Waals surface area contributed by atoms with Gasteiger partial charge in [0, 0.05) is 42.7 Å². The molecule has 2 aromatic rings. The van der Waals surface area contributed by atoms with Gasteiger partial charge >= 0.3 is 0 Å². The molecule has 1 atom stereocenters. The first-order valence-corrected chi connectivity index (χ1v) is 9.91. The second kappa shape index (κ2) is 9.74. The Morgan fingerprint density at radius 2 is 2.15 bits per heavy atom. The molecule has 1 aliphatic rings. The van der Waals surface area contributed by atoms with E-state index < -0.39 is 0 Å². The molecule has 0 aliphatic heterocycles. The molecule has 1 heterocycles. The summed E-state index contributed by atoms with van der Waals surface area (Å²) in [5.74, 6) is 0.665. The van der Waals surface area contributed by atoms with Crippen molar-refractivity contribution in [1.29, 1.82) is 0 Å². The average molecular weight is 389 g/mol. The summed E-state index contributed by atoms with van der Waals surface area (Å²) in [5, 5.41) is 4.88. The Labute approximate surface area is 165 Å². The molecular formula is C20H25ClN4S. The minimum absolute atomic E-state index is 0.665. The molecule has 0 saturated carbocycles. The minimum atomic E-state index is 0.665. The molecule has 26 heavy (non-hydrogen) atoms. The molecule has 0 saturated heterocycles. The van der Waals surface area contributed by atoms with Crippen molar-refractivity contribution in [2.75, 3.05) is 18.4 Å². The predicted molar refractivity (Wildman–Crippen MR) is 113 cm³/mol. The van der Waals surface area contributed by atoms with Crippen molar-refractivity contribution < 1.29 is 0 Å². The molecular weight excluding hydrogens is 364 g/mol. The number of halogens is 1. The summed E-state index contributed by atoms with van der Waals surface area (Å²) in [6.07, 6.45) is 14.8. The number of imidazole rings is 1. The van der Waals surface area contributed by atoms with E-state index in [1.54, 1.807) is 0 Å².